The molecular weight excluding hydrogens is 300 g/mol. The highest BCUT2D eigenvalue weighted by Gasteiger charge is 2.32. The molecule has 124 valence electrons. The van der Waals surface area contributed by atoms with Crippen LogP contribution in [0.2, 0.25) is 0 Å². The van der Waals surface area contributed by atoms with Crippen LogP contribution >= 0.6 is 12.4 Å². The Morgan fingerprint density at radius 2 is 1.91 bits per heavy atom. The SMILES string of the molecule is C1CNCC(CN2CCC(c3noc(C4CC4)n3)CC2)C1.Cl. The molecule has 1 saturated carbocycles. The third-order valence-electron chi connectivity index (χ3n) is 5.25. The molecule has 1 aromatic rings. The topological polar surface area (TPSA) is 54.2 Å². The lowest BCUT2D eigenvalue weighted by molar-refractivity contribution is 0.166. The first-order valence-corrected chi connectivity index (χ1v) is 8.65. The van der Waals surface area contributed by atoms with E-state index >= 15 is 0 Å². The largest absolute Gasteiger partial charge is 0.339 e. The Bertz CT molecular complexity index is 462. The van der Waals surface area contributed by atoms with Crippen LogP contribution in [0.3, 0.4) is 0 Å². The van der Waals surface area contributed by atoms with Gasteiger partial charge in [0.1, 0.15) is 0 Å². The number of halogens is 1. The van der Waals surface area contributed by atoms with Gasteiger partial charge in [-0.2, -0.15) is 4.98 Å². The molecule has 5 nitrogen and oxygen atoms in total. The van der Waals surface area contributed by atoms with E-state index in [0.29, 0.717) is 11.8 Å². The maximum absolute atomic E-state index is 5.41. The van der Waals surface area contributed by atoms with E-state index in [9.17, 15) is 0 Å². The summed E-state index contributed by atoms with van der Waals surface area (Å²) in [5, 5.41) is 7.75. The molecule has 1 N–H and O–H groups in total. The summed E-state index contributed by atoms with van der Waals surface area (Å²) >= 11 is 0. The van der Waals surface area contributed by atoms with E-state index in [1.165, 1.54) is 71.2 Å². The number of aromatic nitrogens is 2. The predicted molar refractivity (Wildman–Crippen MR) is 87.5 cm³/mol. The average Bonchev–Trinajstić information content (AvgIpc) is 3.27. The maximum atomic E-state index is 5.41. The molecule has 3 heterocycles. The highest BCUT2D eigenvalue weighted by Crippen LogP contribution is 2.39. The Balaban J connectivity index is 0.00000144. The summed E-state index contributed by atoms with van der Waals surface area (Å²) in [6.07, 6.45) is 7.56. The van der Waals surface area contributed by atoms with Gasteiger partial charge in [0.25, 0.3) is 0 Å². The molecule has 3 aliphatic rings. The Hall–Kier alpha value is -0.650. The minimum Gasteiger partial charge on any atom is -0.339 e. The quantitative estimate of drug-likeness (QED) is 0.921. The third kappa shape index (κ3) is 3.81. The van der Waals surface area contributed by atoms with Crippen LogP contribution in [0.25, 0.3) is 0 Å². The van der Waals surface area contributed by atoms with Crippen molar-refractivity contribution in [1.29, 1.82) is 0 Å². The highest BCUT2D eigenvalue weighted by atomic mass is 35.5. The first-order chi connectivity index (χ1) is 10.4. The molecule has 0 radical (unpaired) electrons. The fraction of sp³-hybridized carbons (Fsp3) is 0.875. The average molecular weight is 327 g/mol. The lowest BCUT2D eigenvalue weighted by atomic mass is 9.93. The lowest BCUT2D eigenvalue weighted by Crippen LogP contribution is -2.41. The van der Waals surface area contributed by atoms with Gasteiger partial charge in [-0.05, 0) is 70.6 Å². The summed E-state index contributed by atoms with van der Waals surface area (Å²) in [6, 6.07) is 0. The monoisotopic (exact) mass is 326 g/mol. The van der Waals surface area contributed by atoms with Crippen molar-refractivity contribution in [2.75, 3.05) is 32.7 Å². The number of rotatable bonds is 4. The zero-order valence-corrected chi connectivity index (χ0v) is 14.0. The molecule has 2 aliphatic heterocycles. The lowest BCUT2D eigenvalue weighted by Gasteiger charge is -2.34. The second-order valence-electron chi connectivity index (χ2n) is 7.05. The van der Waals surface area contributed by atoms with E-state index < -0.39 is 0 Å². The molecule has 3 fully saturated rings. The number of hydrogen-bond acceptors (Lipinski definition) is 5. The van der Waals surface area contributed by atoms with E-state index in [0.717, 1.165) is 17.6 Å². The summed E-state index contributed by atoms with van der Waals surface area (Å²) in [6.45, 7) is 6.05. The van der Waals surface area contributed by atoms with Gasteiger partial charge >= 0.3 is 0 Å². The molecule has 1 aromatic heterocycles. The number of likely N-dealkylation sites (tertiary alicyclic amines) is 1. The summed E-state index contributed by atoms with van der Waals surface area (Å²) in [7, 11) is 0. The number of hydrogen-bond donors (Lipinski definition) is 1. The van der Waals surface area contributed by atoms with Crippen molar-refractivity contribution in [3.63, 3.8) is 0 Å². The molecule has 0 spiro atoms. The summed E-state index contributed by atoms with van der Waals surface area (Å²) in [5.41, 5.74) is 0. The first-order valence-electron chi connectivity index (χ1n) is 8.65. The molecule has 2 saturated heterocycles. The molecule has 0 bridgehead atoms. The van der Waals surface area contributed by atoms with Gasteiger partial charge < -0.3 is 14.7 Å². The number of nitrogens with one attached hydrogen (secondary N) is 1. The van der Waals surface area contributed by atoms with E-state index in [1.807, 2.05) is 0 Å². The Morgan fingerprint density at radius 1 is 1.09 bits per heavy atom. The van der Waals surface area contributed by atoms with Crippen molar-refractivity contribution in [2.45, 2.75) is 50.4 Å². The number of nitrogens with zero attached hydrogens (tertiary/aromatic N) is 3. The van der Waals surface area contributed by atoms with E-state index in [2.05, 4.69) is 20.4 Å². The van der Waals surface area contributed by atoms with Gasteiger partial charge in [0.05, 0.1) is 0 Å². The van der Waals surface area contributed by atoms with Gasteiger partial charge in [0.2, 0.25) is 5.89 Å². The second-order valence-corrected chi connectivity index (χ2v) is 7.05. The summed E-state index contributed by atoms with van der Waals surface area (Å²) in [4.78, 5) is 7.27. The van der Waals surface area contributed by atoms with Crippen LogP contribution in [0.1, 0.15) is 62.1 Å². The van der Waals surface area contributed by atoms with Crippen molar-refractivity contribution < 1.29 is 4.52 Å². The van der Waals surface area contributed by atoms with E-state index in [1.54, 1.807) is 0 Å². The molecular formula is C16H27ClN4O. The van der Waals surface area contributed by atoms with Crippen LogP contribution in [-0.4, -0.2) is 47.8 Å². The predicted octanol–water partition coefficient (Wildman–Crippen LogP) is 2.55. The third-order valence-corrected chi connectivity index (χ3v) is 5.25. The standard InChI is InChI=1S/C16H26N4O.ClH/c1-2-12(10-17-7-1)11-20-8-5-13(6-9-20)15-18-16(21-19-15)14-3-4-14;/h12-14,17H,1-11H2;1H. The van der Waals surface area contributed by atoms with Crippen LogP contribution < -0.4 is 5.32 Å². The molecule has 1 atom stereocenters. The number of piperidine rings is 2. The smallest absolute Gasteiger partial charge is 0.229 e. The Morgan fingerprint density at radius 3 is 2.59 bits per heavy atom. The molecule has 1 aliphatic carbocycles. The first kappa shape index (κ1) is 16.2. The van der Waals surface area contributed by atoms with Gasteiger partial charge in [0, 0.05) is 18.4 Å². The van der Waals surface area contributed by atoms with Crippen LogP contribution in [-0.2, 0) is 0 Å². The molecule has 6 heteroatoms. The van der Waals surface area contributed by atoms with Crippen molar-refractivity contribution in [1.82, 2.24) is 20.4 Å². The zero-order valence-electron chi connectivity index (χ0n) is 13.2. The zero-order chi connectivity index (χ0) is 14.1. The van der Waals surface area contributed by atoms with E-state index in [-0.39, 0.29) is 12.4 Å². The normalized spacial score (nSPS) is 27.5. The van der Waals surface area contributed by atoms with Crippen LogP contribution in [0.5, 0.6) is 0 Å². The Kier molecular flexibility index (Phi) is 5.37. The van der Waals surface area contributed by atoms with Crippen molar-refractivity contribution in [3.05, 3.63) is 11.7 Å². The van der Waals surface area contributed by atoms with Gasteiger partial charge in [-0.15, -0.1) is 12.4 Å². The minimum atomic E-state index is 0. The molecule has 22 heavy (non-hydrogen) atoms. The van der Waals surface area contributed by atoms with Crippen LogP contribution in [0.15, 0.2) is 4.52 Å². The van der Waals surface area contributed by atoms with E-state index in [4.69, 9.17) is 4.52 Å². The van der Waals surface area contributed by atoms with Gasteiger partial charge in [-0.1, -0.05) is 5.16 Å². The second kappa shape index (κ2) is 7.28. The fourth-order valence-electron chi connectivity index (χ4n) is 3.73. The summed E-state index contributed by atoms with van der Waals surface area (Å²) in [5.74, 6) is 3.80. The van der Waals surface area contributed by atoms with Crippen LogP contribution in [0, 0.1) is 5.92 Å². The molecule has 0 aromatic carbocycles. The summed E-state index contributed by atoms with van der Waals surface area (Å²) < 4.78 is 5.41. The molecule has 0 amide bonds. The fourth-order valence-corrected chi connectivity index (χ4v) is 3.73. The minimum absolute atomic E-state index is 0. The van der Waals surface area contributed by atoms with Gasteiger partial charge in [0.15, 0.2) is 5.82 Å². The van der Waals surface area contributed by atoms with Crippen molar-refractivity contribution >= 4 is 12.4 Å². The van der Waals surface area contributed by atoms with Gasteiger partial charge in [-0.25, -0.2) is 0 Å². The molecule has 1 unspecified atom stereocenters. The van der Waals surface area contributed by atoms with Crippen molar-refractivity contribution in [2.24, 2.45) is 5.92 Å². The Labute approximate surface area is 138 Å². The highest BCUT2D eigenvalue weighted by molar-refractivity contribution is 5.85. The maximum Gasteiger partial charge on any atom is 0.229 e. The molecule has 4 rings (SSSR count). The van der Waals surface area contributed by atoms with Crippen LogP contribution in [0.4, 0.5) is 0 Å². The van der Waals surface area contributed by atoms with Gasteiger partial charge in [-0.3, -0.25) is 0 Å². The van der Waals surface area contributed by atoms with Crippen molar-refractivity contribution in [3.8, 4) is 0 Å².